The van der Waals surface area contributed by atoms with Crippen LogP contribution in [0.1, 0.15) is 66.7 Å². The number of sulfonamides is 1. The lowest BCUT2D eigenvalue weighted by atomic mass is 10.0. The first-order valence-corrected chi connectivity index (χ1v) is 10.1. The summed E-state index contributed by atoms with van der Waals surface area (Å²) in [5.41, 5.74) is 5.44. The van der Waals surface area contributed by atoms with E-state index in [0.717, 1.165) is 25.7 Å². The SMILES string of the molecule is CC(C)OC(C)CCC(C(C)C)S(=O)(=O)NCCCCCN. The Kier molecular flexibility index (Phi) is 11.3. The first kappa shape index (κ1) is 21.8. The largest absolute Gasteiger partial charge is 0.376 e. The molecule has 0 aromatic rings. The standard InChI is InChI=1S/C16H36N2O3S/c1-13(2)16(10-9-15(5)21-14(3)4)22(19,20)18-12-8-6-7-11-17/h13-16,18H,6-12,17H2,1-5H3. The lowest BCUT2D eigenvalue weighted by Gasteiger charge is -2.24. The molecule has 0 fully saturated rings. The van der Waals surface area contributed by atoms with Gasteiger partial charge in [0.15, 0.2) is 0 Å². The van der Waals surface area contributed by atoms with Crippen LogP contribution >= 0.6 is 0 Å². The van der Waals surface area contributed by atoms with Gasteiger partial charge in [-0.2, -0.15) is 0 Å². The smallest absolute Gasteiger partial charge is 0.214 e. The van der Waals surface area contributed by atoms with Crippen LogP contribution in [-0.4, -0.2) is 39.0 Å². The van der Waals surface area contributed by atoms with E-state index in [1.165, 1.54) is 0 Å². The molecule has 134 valence electrons. The van der Waals surface area contributed by atoms with Crippen LogP contribution in [-0.2, 0) is 14.8 Å². The lowest BCUT2D eigenvalue weighted by molar-refractivity contribution is 0.0129. The summed E-state index contributed by atoms with van der Waals surface area (Å²) in [4.78, 5) is 0. The summed E-state index contributed by atoms with van der Waals surface area (Å²) in [6.07, 6.45) is 4.39. The van der Waals surface area contributed by atoms with Crippen molar-refractivity contribution in [1.82, 2.24) is 4.72 Å². The lowest BCUT2D eigenvalue weighted by Crippen LogP contribution is -2.38. The summed E-state index contributed by atoms with van der Waals surface area (Å²) in [6, 6.07) is 0. The average Bonchev–Trinajstić information content (AvgIpc) is 2.36. The molecular formula is C16H36N2O3S. The highest BCUT2D eigenvalue weighted by Gasteiger charge is 2.28. The molecule has 0 amide bonds. The highest BCUT2D eigenvalue weighted by atomic mass is 32.2. The van der Waals surface area contributed by atoms with Gasteiger partial charge in [-0.05, 0) is 58.9 Å². The molecule has 0 aromatic carbocycles. The number of ether oxygens (including phenoxy) is 1. The van der Waals surface area contributed by atoms with Gasteiger partial charge in [-0.15, -0.1) is 0 Å². The van der Waals surface area contributed by atoms with Crippen molar-refractivity contribution in [2.75, 3.05) is 13.1 Å². The molecule has 0 saturated heterocycles. The van der Waals surface area contributed by atoms with Gasteiger partial charge in [0.25, 0.3) is 0 Å². The van der Waals surface area contributed by atoms with Crippen molar-refractivity contribution in [3.05, 3.63) is 0 Å². The highest BCUT2D eigenvalue weighted by molar-refractivity contribution is 7.90. The fraction of sp³-hybridized carbons (Fsp3) is 1.00. The zero-order chi connectivity index (χ0) is 17.2. The van der Waals surface area contributed by atoms with Crippen LogP contribution in [0.3, 0.4) is 0 Å². The van der Waals surface area contributed by atoms with E-state index in [9.17, 15) is 8.42 Å². The predicted molar refractivity (Wildman–Crippen MR) is 93.4 cm³/mol. The van der Waals surface area contributed by atoms with Crippen LogP contribution in [0.5, 0.6) is 0 Å². The third-order valence-corrected chi connectivity index (χ3v) is 5.87. The molecule has 0 aliphatic carbocycles. The van der Waals surface area contributed by atoms with E-state index >= 15 is 0 Å². The molecule has 0 heterocycles. The number of nitrogens with two attached hydrogens (primary N) is 1. The van der Waals surface area contributed by atoms with E-state index in [1.54, 1.807) is 0 Å². The van der Waals surface area contributed by atoms with Crippen molar-refractivity contribution >= 4 is 10.0 Å². The zero-order valence-corrected chi connectivity index (χ0v) is 15.8. The Balaban J connectivity index is 4.39. The molecule has 3 N–H and O–H groups in total. The molecule has 6 heteroatoms. The third-order valence-electron chi connectivity index (χ3n) is 3.69. The van der Waals surface area contributed by atoms with Crippen LogP contribution < -0.4 is 10.5 Å². The van der Waals surface area contributed by atoms with E-state index in [4.69, 9.17) is 10.5 Å². The molecule has 2 atom stereocenters. The monoisotopic (exact) mass is 336 g/mol. The molecule has 0 spiro atoms. The van der Waals surface area contributed by atoms with Crippen LogP contribution in [0.15, 0.2) is 0 Å². The molecule has 2 unspecified atom stereocenters. The molecular weight excluding hydrogens is 300 g/mol. The van der Waals surface area contributed by atoms with Gasteiger partial charge in [0.2, 0.25) is 10.0 Å². The van der Waals surface area contributed by atoms with Crippen LogP contribution in [0.2, 0.25) is 0 Å². The Morgan fingerprint density at radius 2 is 1.64 bits per heavy atom. The number of rotatable bonds is 13. The van der Waals surface area contributed by atoms with Gasteiger partial charge in [-0.25, -0.2) is 13.1 Å². The van der Waals surface area contributed by atoms with E-state index < -0.39 is 10.0 Å². The molecule has 0 aliphatic rings. The van der Waals surface area contributed by atoms with Gasteiger partial charge < -0.3 is 10.5 Å². The maximum atomic E-state index is 12.5. The molecule has 22 heavy (non-hydrogen) atoms. The van der Waals surface area contributed by atoms with Crippen LogP contribution in [0.25, 0.3) is 0 Å². The third kappa shape index (κ3) is 9.77. The molecule has 0 bridgehead atoms. The van der Waals surface area contributed by atoms with Gasteiger partial charge in [0.05, 0.1) is 17.5 Å². The van der Waals surface area contributed by atoms with Gasteiger partial charge in [0, 0.05) is 6.54 Å². The van der Waals surface area contributed by atoms with Gasteiger partial charge in [-0.3, -0.25) is 0 Å². The highest BCUT2D eigenvalue weighted by Crippen LogP contribution is 2.19. The molecule has 0 aromatic heterocycles. The van der Waals surface area contributed by atoms with Crippen LogP contribution in [0.4, 0.5) is 0 Å². The number of nitrogens with one attached hydrogen (secondary N) is 1. The number of hydrogen-bond donors (Lipinski definition) is 2. The molecule has 0 aliphatic heterocycles. The second kappa shape index (κ2) is 11.4. The minimum atomic E-state index is -3.27. The Morgan fingerprint density at radius 3 is 2.14 bits per heavy atom. The van der Waals surface area contributed by atoms with E-state index in [2.05, 4.69) is 4.72 Å². The summed E-state index contributed by atoms with van der Waals surface area (Å²) >= 11 is 0. The molecule has 0 radical (unpaired) electrons. The maximum absolute atomic E-state index is 12.5. The Hall–Kier alpha value is -0.170. The van der Waals surface area contributed by atoms with Gasteiger partial charge >= 0.3 is 0 Å². The minimum absolute atomic E-state index is 0.0843. The van der Waals surface area contributed by atoms with E-state index in [0.29, 0.717) is 19.5 Å². The summed E-state index contributed by atoms with van der Waals surface area (Å²) in [7, 11) is -3.27. The van der Waals surface area contributed by atoms with Crippen molar-refractivity contribution < 1.29 is 13.2 Å². The second-order valence-corrected chi connectivity index (χ2v) is 8.63. The first-order valence-electron chi connectivity index (χ1n) is 8.54. The maximum Gasteiger partial charge on any atom is 0.214 e. The fourth-order valence-corrected chi connectivity index (χ4v) is 4.35. The zero-order valence-electron chi connectivity index (χ0n) is 15.0. The number of unbranched alkanes of at least 4 members (excludes halogenated alkanes) is 2. The van der Waals surface area contributed by atoms with E-state index in [-0.39, 0.29) is 23.4 Å². The Bertz CT molecular complexity index is 370. The fourth-order valence-electron chi connectivity index (χ4n) is 2.55. The minimum Gasteiger partial charge on any atom is -0.376 e. The van der Waals surface area contributed by atoms with Crippen molar-refractivity contribution in [3.8, 4) is 0 Å². The van der Waals surface area contributed by atoms with Crippen molar-refractivity contribution in [1.29, 1.82) is 0 Å². The van der Waals surface area contributed by atoms with Crippen LogP contribution in [0, 0.1) is 5.92 Å². The molecule has 0 rings (SSSR count). The van der Waals surface area contributed by atoms with Gasteiger partial charge in [-0.1, -0.05) is 20.3 Å². The summed E-state index contributed by atoms with van der Waals surface area (Å²) < 4.78 is 33.4. The summed E-state index contributed by atoms with van der Waals surface area (Å²) in [6.45, 7) is 11.1. The predicted octanol–water partition coefficient (Wildman–Crippen LogP) is 2.65. The van der Waals surface area contributed by atoms with Gasteiger partial charge in [0.1, 0.15) is 0 Å². The van der Waals surface area contributed by atoms with E-state index in [1.807, 2.05) is 34.6 Å². The van der Waals surface area contributed by atoms with Crippen molar-refractivity contribution in [2.24, 2.45) is 11.7 Å². The first-order chi connectivity index (χ1) is 10.2. The quantitative estimate of drug-likeness (QED) is 0.507. The second-order valence-electron chi connectivity index (χ2n) is 6.64. The molecule has 0 saturated carbocycles. The molecule has 5 nitrogen and oxygen atoms in total. The number of hydrogen-bond acceptors (Lipinski definition) is 4. The summed E-state index contributed by atoms with van der Waals surface area (Å²) in [5, 5.41) is -0.361. The summed E-state index contributed by atoms with van der Waals surface area (Å²) in [5.74, 6) is 0.0905. The van der Waals surface area contributed by atoms with Crippen molar-refractivity contribution in [3.63, 3.8) is 0 Å². The Morgan fingerprint density at radius 1 is 1.00 bits per heavy atom. The topological polar surface area (TPSA) is 81.4 Å². The average molecular weight is 337 g/mol. The van der Waals surface area contributed by atoms with Crippen molar-refractivity contribution in [2.45, 2.75) is 84.2 Å². The Labute approximate surface area is 137 Å². The normalized spacial score (nSPS) is 15.5.